The third-order valence-corrected chi connectivity index (χ3v) is 9.14. The van der Waals surface area contributed by atoms with Crippen LogP contribution in [0.25, 0.3) is 0 Å². The number of benzene rings is 2. The largest absolute Gasteiger partial charge is 0.501 e. The number of methoxy groups -OCH3 is 1. The number of carbonyl (C=O) groups is 3. The average Bonchev–Trinajstić information content (AvgIpc) is 2.98. The first-order chi connectivity index (χ1) is 21.0. The SMILES string of the molecule is COc1cc(F)c(O[C@H]2CC[C@@](C)(C(=O)O)CC2)cc1C(=O)NC[C@H](CCCO)C(=O)Nc1cccc(S(=O)(=O)C(F)(F)F)c1. The number of anilines is 1. The van der Waals surface area contributed by atoms with Gasteiger partial charge in [0.1, 0.15) is 5.75 Å². The fourth-order valence-corrected chi connectivity index (χ4v) is 5.61. The Morgan fingerprint density at radius 3 is 2.36 bits per heavy atom. The average molecular weight is 663 g/mol. The van der Waals surface area contributed by atoms with E-state index in [4.69, 9.17) is 9.47 Å². The maximum atomic E-state index is 14.8. The quantitative estimate of drug-likeness (QED) is 0.229. The van der Waals surface area contributed by atoms with Gasteiger partial charge in [-0.15, -0.1) is 0 Å². The Kier molecular flexibility index (Phi) is 11.4. The molecule has 4 N–H and O–H groups in total. The van der Waals surface area contributed by atoms with Crippen LogP contribution in [-0.4, -0.2) is 68.3 Å². The van der Waals surface area contributed by atoms with Crippen molar-refractivity contribution in [2.24, 2.45) is 11.3 Å². The van der Waals surface area contributed by atoms with E-state index >= 15 is 0 Å². The number of hydrogen-bond donors (Lipinski definition) is 4. The van der Waals surface area contributed by atoms with E-state index in [-0.39, 0.29) is 48.7 Å². The topological polar surface area (TPSA) is 168 Å². The van der Waals surface area contributed by atoms with Crippen molar-refractivity contribution in [3.8, 4) is 11.5 Å². The number of hydrogen-bond acceptors (Lipinski definition) is 8. The molecule has 0 aliphatic heterocycles. The fraction of sp³-hybridized carbons (Fsp3) is 0.483. The number of rotatable bonds is 13. The Morgan fingerprint density at radius 1 is 1.11 bits per heavy atom. The van der Waals surface area contributed by atoms with Gasteiger partial charge in [-0.25, -0.2) is 12.8 Å². The highest BCUT2D eigenvalue weighted by molar-refractivity contribution is 7.92. The summed E-state index contributed by atoms with van der Waals surface area (Å²) in [7, 11) is -4.45. The lowest BCUT2D eigenvalue weighted by molar-refractivity contribution is -0.150. The van der Waals surface area contributed by atoms with Crippen molar-refractivity contribution in [1.82, 2.24) is 5.32 Å². The third kappa shape index (κ3) is 8.63. The minimum atomic E-state index is -5.67. The van der Waals surface area contributed by atoms with Crippen molar-refractivity contribution in [1.29, 1.82) is 0 Å². The molecule has 1 aliphatic rings. The lowest BCUT2D eigenvalue weighted by atomic mass is 9.75. The molecule has 0 bridgehead atoms. The number of sulfone groups is 1. The highest BCUT2D eigenvalue weighted by Crippen LogP contribution is 2.38. The van der Waals surface area contributed by atoms with Gasteiger partial charge in [-0.3, -0.25) is 14.4 Å². The van der Waals surface area contributed by atoms with Crippen LogP contribution in [0, 0.1) is 17.2 Å². The molecule has 11 nitrogen and oxygen atoms in total. The number of halogens is 4. The second-order valence-electron chi connectivity index (χ2n) is 10.9. The molecule has 45 heavy (non-hydrogen) atoms. The number of aliphatic hydroxyl groups is 1. The van der Waals surface area contributed by atoms with Crippen LogP contribution >= 0.6 is 0 Å². The van der Waals surface area contributed by atoms with Gasteiger partial charge in [0.25, 0.3) is 15.7 Å². The molecule has 2 amide bonds. The fourth-order valence-electron chi connectivity index (χ4n) is 4.81. The van der Waals surface area contributed by atoms with E-state index in [1.807, 2.05) is 0 Å². The van der Waals surface area contributed by atoms with E-state index < -0.39 is 61.3 Å². The van der Waals surface area contributed by atoms with Gasteiger partial charge >= 0.3 is 11.5 Å². The second kappa shape index (κ2) is 14.5. The first-order valence-electron chi connectivity index (χ1n) is 13.9. The number of carboxylic acid groups (broad SMARTS) is 1. The smallest absolute Gasteiger partial charge is 0.496 e. The molecular formula is C29H34F4N2O9S. The molecule has 0 radical (unpaired) electrons. The molecule has 16 heteroatoms. The molecule has 1 atom stereocenters. The van der Waals surface area contributed by atoms with Crippen molar-refractivity contribution in [3.05, 3.63) is 47.8 Å². The van der Waals surface area contributed by atoms with Crippen LogP contribution in [-0.2, 0) is 19.4 Å². The number of nitrogens with one attached hydrogen (secondary N) is 2. The normalized spacial score (nSPS) is 19.3. The van der Waals surface area contributed by atoms with Crippen molar-refractivity contribution in [2.45, 2.75) is 62.0 Å². The predicted octanol–water partition coefficient (Wildman–Crippen LogP) is 4.30. The highest BCUT2D eigenvalue weighted by Gasteiger charge is 2.47. The monoisotopic (exact) mass is 662 g/mol. The van der Waals surface area contributed by atoms with Crippen LogP contribution in [0.15, 0.2) is 41.3 Å². The summed E-state index contributed by atoms with van der Waals surface area (Å²) in [4.78, 5) is 36.6. The van der Waals surface area contributed by atoms with Crippen LogP contribution in [0.2, 0.25) is 0 Å². The van der Waals surface area contributed by atoms with Crippen LogP contribution in [0.4, 0.5) is 23.2 Å². The minimum absolute atomic E-state index is 0.0367. The van der Waals surface area contributed by atoms with E-state index in [0.29, 0.717) is 31.7 Å². The summed E-state index contributed by atoms with van der Waals surface area (Å²) >= 11 is 0. The van der Waals surface area contributed by atoms with Gasteiger partial charge in [0.05, 0.1) is 35.0 Å². The van der Waals surface area contributed by atoms with Gasteiger partial charge in [0, 0.05) is 24.9 Å². The molecule has 0 aromatic heterocycles. The number of aliphatic hydroxyl groups excluding tert-OH is 1. The molecule has 0 unspecified atom stereocenters. The van der Waals surface area contributed by atoms with Crippen LogP contribution in [0.5, 0.6) is 11.5 Å². The molecule has 0 saturated heterocycles. The van der Waals surface area contributed by atoms with Crippen molar-refractivity contribution in [2.75, 3.05) is 25.6 Å². The zero-order valence-electron chi connectivity index (χ0n) is 24.4. The lowest BCUT2D eigenvalue weighted by Crippen LogP contribution is -2.36. The molecule has 1 aliphatic carbocycles. The Labute approximate surface area is 256 Å². The summed E-state index contributed by atoms with van der Waals surface area (Å²) in [5.41, 5.74) is -6.83. The molecule has 1 saturated carbocycles. The van der Waals surface area contributed by atoms with Crippen molar-refractivity contribution >= 4 is 33.3 Å². The summed E-state index contributed by atoms with van der Waals surface area (Å²) in [5, 5.41) is 23.6. The Bertz CT molecular complexity index is 1510. The van der Waals surface area contributed by atoms with E-state index in [1.165, 1.54) is 13.2 Å². The number of amides is 2. The Balaban J connectivity index is 1.74. The van der Waals surface area contributed by atoms with Gasteiger partial charge < -0.3 is 30.3 Å². The number of alkyl halides is 3. The first kappa shape index (κ1) is 35.6. The third-order valence-electron chi connectivity index (χ3n) is 7.65. The van der Waals surface area contributed by atoms with Crippen molar-refractivity contribution in [3.63, 3.8) is 0 Å². The number of ether oxygens (including phenoxy) is 2. The standard InChI is InChI=1S/C29H34F4N2O9S/c1-28(27(39)40)10-8-19(9-11-28)44-24-14-21(23(43-2)15-22(24)30)26(38)34-16-17(5-4-12-36)25(37)35-18-6-3-7-20(13-18)45(41,42)29(31,32)33/h3,6-7,13-15,17,19,36H,4-5,8-12,16H2,1-2H3,(H,34,38)(H,35,37)(H,39,40)/t17-,19-,28+/m0/s1. The summed E-state index contributed by atoms with van der Waals surface area (Å²) in [6.07, 6.45) is 0.999. The maximum Gasteiger partial charge on any atom is 0.501 e. The molecule has 3 rings (SSSR count). The van der Waals surface area contributed by atoms with E-state index in [0.717, 1.165) is 24.3 Å². The van der Waals surface area contributed by atoms with Crippen LogP contribution in [0.1, 0.15) is 55.8 Å². The van der Waals surface area contributed by atoms with Crippen molar-refractivity contribution < 1.29 is 60.0 Å². The second-order valence-corrected chi connectivity index (χ2v) is 12.8. The molecule has 0 heterocycles. The molecular weight excluding hydrogens is 628 g/mol. The Morgan fingerprint density at radius 2 is 1.78 bits per heavy atom. The molecule has 1 fully saturated rings. The van der Waals surface area contributed by atoms with Crippen LogP contribution < -0.4 is 20.1 Å². The highest BCUT2D eigenvalue weighted by atomic mass is 32.2. The van der Waals surface area contributed by atoms with Gasteiger partial charge in [-0.05, 0) is 69.7 Å². The van der Waals surface area contributed by atoms with E-state index in [9.17, 15) is 50.6 Å². The molecule has 0 spiro atoms. The summed E-state index contributed by atoms with van der Waals surface area (Å²) in [5.74, 6) is -4.71. The zero-order chi connectivity index (χ0) is 33.6. The minimum Gasteiger partial charge on any atom is -0.496 e. The Hall–Kier alpha value is -3.92. The maximum absolute atomic E-state index is 14.8. The summed E-state index contributed by atoms with van der Waals surface area (Å²) in [6, 6.07) is 5.68. The summed E-state index contributed by atoms with van der Waals surface area (Å²) in [6.45, 7) is 1.00. The summed E-state index contributed by atoms with van der Waals surface area (Å²) < 4.78 is 88.2. The van der Waals surface area contributed by atoms with E-state index in [1.54, 1.807) is 6.92 Å². The molecule has 248 valence electrons. The number of carboxylic acids is 1. The molecule has 2 aromatic carbocycles. The van der Waals surface area contributed by atoms with Gasteiger partial charge in [-0.2, -0.15) is 13.2 Å². The van der Waals surface area contributed by atoms with Gasteiger partial charge in [0.2, 0.25) is 5.91 Å². The zero-order valence-corrected chi connectivity index (χ0v) is 25.3. The predicted molar refractivity (Wildman–Crippen MR) is 152 cm³/mol. The number of carbonyl (C=O) groups excluding carboxylic acids is 2. The molecule has 2 aromatic rings. The van der Waals surface area contributed by atoms with E-state index in [2.05, 4.69) is 10.6 Å². The van der Waals surface area contributed by atoms with Gasteiger partial charge in [-0.1, -0.05) is 6.07 Å². The first-order valence-corrected chi connectivity index (χ1v) is 15.4. The number of aliphatic carboxylic acids is 1. The van der Waals surface area contributed by atoms with Crippen LogP contribution in [0.3, 0.4) is 0 Å². The lowest BCUT2D eigenvalue weighted by Gasteiger charge is -2.34. The van der Waals surface area contributed by atoms with Gasteiger partial charge in [0.15, 0.2) is 11.6 Å².